The number of phenolic OH excluding ortho intramolecular Hbond substituents is 1. The molecule has 0 spiro atoms. The molecule has 0 amide bonds. The van der Waals surface area contributed by atoms with Crippen LogP contribution in [-0.2, 0) is 0 Å². The molecule has 114 valence electrons. The Bertz CT molecular complexity index is 450. The lowest BCUT2D eigenvalue weighted by Crippen LogP contribution is -2.13. The van der Waals surface area contributed by atoms with Gasteiger partial charge in [0, 0.05) is 10.1 Å². The Labute approximate surface area is 144 Å². The SMILES string of the molecule is CCCC(Sc1c(Cl)c(Cl)c(O)c(Cl)c1Cl)C(C)CC. The van der Waals surface area contributed by atoms with Gasteiger partial charge in [0.05, 0.1) is 10.0 Å². The molecule has 0 aliphatic heterocycles. The van der Waals surface area contributed by atoms with Crippen LogP contribution in [0.25, 0.3) is 0 Å². The van der Waals surface area contributed by atoms with Gasteiger partial charge in [-0.15, -0.1) is 11.8 Å². The summed E-state index contributed by atoms with van der Waals surface area (Å²) in [7, 11) is 0. The van der Waals surface area contributed by atoms with Crippen LogP contribution in [0.15, 0.2) is 4.90 Å². The molecular weight excluding hydrogens is 358 g/mol. The van der Waals surface area contributed by atoms with Gasteiger partial charge in [-0.05, 0) is 12.3 Å². The fourth-order valence-corrected chi connectivity index (χ4v) is 4.58. The molecular formula is C14H18Cl4OS. The maximum absolute atomic E-state index is 9.74. The average molecular weight is 376 g/mol. The van der Waals surface area contributed by atoms with Gasteiger partial charge in [-0.1, -0.05) is 80.0 Å². The van der Waals surface area contributed by atoms with Crippen LogP contribution in [0.5, 0.6) is 5.75 Å². The zero-order valence-electron chi connectivity index (χ0n) is 11.6. The first-order valence-corrected chi connectivity index (χ1v) is 8.95. The summed E-state index contributed by atoms with van der Waals surface area (Å²) in [6.07, 6.45) is 3.21. The normalized spacial score (nSPS) is 14.3. The number of halogens is 4. The molecule has 1 N–H and O–H groups in total. The van der Waals surface area contributed by atoms with Gasteiger partial charge in [0.15, 0.2) is 5.75 Å². The van der Waals surface area contributed by atoms with Crippen molar-refractivity contribution in [3.05, 3.63) is 20.1 Å². The van der Waals surface area contributed by atoms with Crippen molar-refractivity contribution in [1.29, 1.82) is 0 Å². The lowest BCUT2D eigenvalue weighted by Gasteiger charge is -2.23. The summed E-state index contributed by atoms with van der Waals surface area (Å²) in [4.78, 5) is 0.653. The molecule has 0 aromatic heterocycles. The maximum Gasteiger partial charge on any atom is 0.155 e. The summed E-state index contributed by atoms with van der Waals surface area (Å²) < 4.78 is 0. The van der Waals surface area contributed by atoms with E-state index >= 15 is 0 Å². The third kappa shape index (κ3) is 4.04. The van der Waals surface area contributed by atoms with Crippen LogP contribution < -0.4 is 0 Å². The second-order valence-electron chi connectivity index (χ2n) is 4.76. The number of rotatable bonds is 6. The first-order chi connectivity index (χ1) is 9.34. The Morgan fingerprint density at radius 2 is 1.50 bits per heavy atom. The quantitative estimate of drug-likeness (QED) is 0.415. The van der Waals surface area contributed by atoms with Crippen LogP contribution in [0.1, 0.15) is 40.0 Å². The highest BCUT2D eigenvalue weighted by Gasteiger charge is 2.24. The number of aromatic hydroxyl groups is 1. The van der Waals surface area contributed by atoms with E-state index in [2.05, 4.69) is 20.8 Å². The number of hydrogen-bond acceptors (Lipinski definition) is 2. The average Bonchev–Trinajstić information content (AvgIpc) is 2.45. The van der Waals surface area contributed by atoms with Crippen molar-refractivity contribution >= 4 is 58.2 Å². The highest BCUT2D eigenvalue weighted by Crippen LogP contribution is 2.50. The minimum atomic E-state index is -0.261. The predicted octanol–water partition coefficient (Wildman–Crippen LogP) is 7.31. The Kier molecular flexibility index (Phi) is 7.65. The van der Waals surface area contributed by atoms with Crippen LogP contribution in [0, 0.1) is 5.92 Å². The lowest BCUT2D eigenvalue weighted by atomic mass is 10.0. The molecule has 0 aliphatic rings. The summed E-state index contributed by atoms with van der Waals surface area (Å²) in [6.45, 7) is 6.52. The van der Waals surface area contributed by atoms with Crippen molar-refractivity contribution in [2.45, 2.75) is 50.2 Å². The molecule has 1 aromatic carbocycles. The topological polar surface area (TPSA) is 20.2 Å². The number of hydrogen-bond donors (Lipinski definition) is 1. The van der Waals surface area contributed by atoms with Gasteiger partial charge in [0.1, 0.15) is 10.0 Å². The largest absolute Gasteiger partial charge is 0.505 e. The van der Waals surface area contributed by atoms with Crippen molar-refractivity contribution in [2.24, 2.45) is 5.92 Å². The van der Waals surface area contributed by atoms with Crippen molar-refractivity contribution in [2.75, 3.05) is 0 Å². The van der Waals surface area contributed by atoms with Gasteiger partial charge in [0.25, 0.3) is 0 Å². The third-order valence-corrected chi connectivity index (χ3v) is 6.88. The van der Waals surface area contributed by atoms with Crippen LogP contribution in [0.4, 0.5) is 0 Å². The molecule has 2 atom stereocenters. The fraction of sp³-hybridized carbons (Fsp3) is 0.571. The van der Waals surface area contributed by atoms with E-state index in [0.717, 1.165) is 19.3 Å². The second-order valence-corrected chi connectivity index (χ2v) is 7.53. The monoisotopic (exact) mass is 374 g/mol. The predicted molar refractivity (Wildman–Crippen MR) is 92.2 cm³/mol. The van der Waals surface area contributed by atoms with Crippen LogP contribution in [0.2, 0.25) is 20.1 Å². The van der Waals surface area contributed by atoms with Gasteiger partial charge >= 0.3 is 0 Å². The van der Waals surface area contributed by atoms with Crippen LogP contribution in [-0.4, -0.2) is 10.4 Å². The second kappa shape index (κ2) is 8.24. The molecule has 0 fully saturated rings. The van der Waals surface area contributed by atoms with Gasteiger partial charge in [-0.2, -0.15) is 0 Å². The summed E-state index contributed by atoms with van der Waals surface area (Å²) in [6, 6.07) is 0. The van der Waals surface area contributed by atoms with E-state index in [1.165, 1.54) is 0 Å². The minimum Gasteiger partial charge on any atom is -0.505 e. The highest BCUT2D eigenvalue weighted by molar-refractivity contribution is 8.00. The van der Waals surface area contributed by atoms with E-state index in [4.69, 9.17) is 46.4 Å². The summed E-state index contributed by atoms with van der Waals surface area (Å²) in [5.74, 6) is 0.265. The molecule has 1 aromatic rings. The van der Waals surface area contributed by atoms with Gasteiger partial charge < -0.3 is 5.11 Å². The molecule has 0 aliphatic carbocycles. The number of benzene rings is 1. The van der Waals surface area contributed by atoms with Crippen molar-refractivity contribution in [3.8, 4) is 5.75 Å². The molecule has 0 radical (unpaired) electrons. The Balaban J connectivity index is 3.19. The maximum atomic E-state index is 9.74. The van der Waals surface area contributed by atoms with Crippen molar-refractivity contribution in [3.63, 3.8) is 0 Å². The van der Waals surface area contributed by atoms with E-state index in [-0.39, 0.29) is 25.8 Å². The van der Waals surface area contributed by atoms with E-state index in [1.807, 2.05) is 0 Å². The number of phenols is 1. The highest BCUT2D eigenvalue weighted by atomic mass is 35.5. The smallest absolute Gasteiger partial charge is 0.155 e. The third-order valence-electron chi connectivity index (χ3n) is 3.32. The molecule has 20 heavy (non-hydrogen) atoms. The summed E-state index contributed by atoms with van der Waals surface area (Å²) in [5, 5.41) is 10.8. The fourth-order valence-electron chi connectivity index (χ4n) is 1.86. The van der Waals surface area contributed by atoms with Crippen LogP contribution >= 0.6 is 58.2 Å². The zero-order chi connectivity index (χ0) is 15.4. The Morgan fingerprint density at radius 1 is 1.00 bits per heavy atom. The molecule has 0 saturated carbocycles. The van der Waals surface area contributed by atoms with Crippen molar-refractivity contribution < 1.29 is 5.11 Å². The minimum absolute atomic E-state index is 0.0583. The van der Waals surface area contributed by atoms with Gasteiger partial charge in [-0.3, -0.25) is 0 Å². The molecule has 0 heterocycles. The molecule has 1 rings (SSSR count). The standard InChI is InChI=1S/C14H18Cl4OS/c1-4-6-8(7(3)5-2)20-14-11(17)9(15)13(19)10(16)12(14)18/h7-8,19H,4-6H2,1-3H3. The van der Waals surface area contributed by atoms with Gasteiger partial charge in [0.2, 0.25) is 0 Å². The lowest BCUT2D eigenvalue weighted by molar-refractivity contribution is 0.475. The molecule has 0 bridgehead atoms. The molecule has 2 unspecified atom stereocenters. The van der Waals surface area contributed by atoms with E-state index < -0.39 is 0 Å². The zero-order valence-corrected chi connectivity index (χ0v) is 15.5. The van der Waals surface area contributed by atoms with Crippen molar-refractivity contribution in [1.82, 2.24) is 0 Å². The van der Waals surface area contributed by atoms with E-state index in [9.17, 15) is 5.11 Å². The molecule has 1 nitrogen and oxygen atoms in total. The summed E-state index contributed by atoms with van der Waals surface area (Å²) in [5.41, 5.74) is 0. The Hall–Kier alpha value is 0.530. The number of thioether (sulfide) groups is 1. The molecule has 0 saturated heterocycles. The van der Waals surface area contributed by atoms with E-state index in [1.54, 1.807) is 11.8 Å². The van der Waals surface area contributed by atoms with E-state index in [0.29, 0.717) is 16.1 Å². The van der Waals surface area contributed by atoms with Crippen LogP contribution in [0.3, 0.4) is 0 Å². The first kappa shape index (κ1) is 18.6. The van der Waals surface area contributed by atoms with Gasteiger partial charge in [-0.25, -0.2) is 0 Å². The first-order valence-electron chi connectivity index (χ1n) is 6.56. The summed E-state index contributed by atoms with van der Waals surface area (Å²) >= 11 is 26.0. The Morgan fingerprint density at radius 3 is 1.90 bits per heavy atom. The molecule has 6 heteroatoms.